The molecule has 5 nitrogen and oxygen atoms in total. The van der Waals surface area contributed by atoms with Crippen LogP contribution in [0.4, 0.5) is 5.69 Å². The van der Waals surface area contributed by atoms with E-state index in [0.717, 1.165) is 32.1 Å². The van der Waals surface area contributed by atoms with Crippen LogP contribution < -0.4 is 10.6 Å². The fourth-order valence-electron chi connectivity index (χ4n) is 2.09. The first-order chi connectivity index (χ1) is 8.97. The summed E-state index contributed by atoms with van der Waals surface area (Å²) in [6.07, 6.45) is 4.16. The van der Waals surface area contributed by atoms with Crippen LogP contribution in [0.5, 0.6) is 0 Å². The third-order valence-corrected chi connectivity index (χ3v) is 4.31. The highest BCUT2D eigenvalue weighted by atomic mass is 35.5. The second-order valence-electron chi connectivity index (χ2n) is 4.79. The van der Waals surface area contributed by atoms with Gasteiger partial charge in [0, 0.05) is 11.9 Å². The molecule has 7 heteroatoms. The van der Waals surface area contributed by atoms with Gasteiger partial charge in [-0.05, 0) is 43.7 Å². The van der Waals surface area contributed by atoms with E-state index >= 15 is 0 Å². The molecule has 0 aliphatic carbocycles. The van der Waals surface area contributed by atoms with Gasteiger partial charge in [-0.15, -0.1) is 12.4 Å². The van der Waals surface area contributed by atoms with Crippen molar-refractivity contribution in [3.8, 4) is 0 Å². The third kappa shape index (κ3) is 4.47. The molecule has 1 aromatic rings. The van der Waals surface area contributed by atoms with Gasteiger partial charge in [0.2, 0.25) is 5.91 Å². The van der Waals surface area contributed by atoms with E-state index in [9.17, 15) is 13.2 Å². The molecule has 112 valence electrons. The molecule has 1 amide bonds. The summed E-state index contributed by atoms with van der Waals surface area (Å²) in [6, 6.07) is 6.07. The van der Waals surface area contributed by atoms with Gasteiger partial charge in [-0.3, -0.25) is 4.79 Å². The second-order valence-corrected chi connectivity index (χ2v) is 6.80. The molecule has 1 saturated heterocycles. The summed E-state index contributed by atoms with van der Waals surface area (Å²) in [7, 11) is -3.19. The average molecular weight is 319 g/mol. The Labute approximate surface area is 125 Å². The highest BCUT2D eigenvalue weighted by Gasteiger charge is 2.20. The van der Waals surface area contributed by atoms with Crippen molar-refractivity contribution in [1.82, 2.24) is 5.32 Å². The minimum Gasteiger partial charge on any atom is -0.325 e. The first-order valence-electron chi connectivity index (χ1n) is 6.31. The van der Waals surface area contributed by atoms with Crippen molar-refractivity contribution >= 4 is 33.8 Å². The van der Waals surface area contributed by atoms with Crippen molar-refractivity contribution < 1.29 is 13.2 Å². The van der Waals surface area contributed by atoms with Gasteiger partial charge in [0.1, 0.15) is 0 Å². The number of sulfone groups is 1. The van der Waals surface area contributed by atoms with Gasteiger partial charge in [0.05, 0.1) is 10.9 Å². The molecule has 1 atom stereocenters. The summed E-state index contributed by atoms with van der Waals surface area (Å²) in [5.74, 6) is -0.0631. The Kier molecular flexibility index (Phi) is 5.98. The summed E-state index contributed by atoms with van der Waals surface area (Å²) in [6.45, 7) is 0.866. The smallest absolute Gasteiger partial charge is 0.241 e. The second kappa shape index (κ2) is 7.06. The van der Waals surface area contributed by atoms with Crippen LogP contribution in [-0.4, -0.2) is 33.2 Å². The minimum absolute atomic E-state index is 0. The van der Waals surface area contributed by atoms with E-state index < -0.39 is 9.84 Å². The fraction of sp³-hybridized carbons (Fsp3) is 0.462. The van der Waals surface area contributed by atoms with Crippen LogP contribution in [0.1, 0.15) is 19.3 Å². The predicted molar refractivity (Wildman–Crippen MR) is 81.1 cm³/mol. The first-order valence-corrected chi connectivity index (χ1v) is 8.20. The molecule has 0 unspecified atom stereocenters. The average Bonchev–Trinajstić information content (AvgIpc) is 2.39. The molecular formula is C13H19ClN2O3S. The zero-order chi connectivity index (χ0) is 13.9. The van der Waals surface area contributed by atoms with E-state index in [2.05, 4.69) is 10.6 Å². The Hall–Kier alpha value is -1.11. The summed E-state index contributed by atoms with van der Waals surface area (Å²) in [4.78, 5) is 12.2. The topological polar surface area (TPSA) is 75.3 Å². The SMILES string of the molecule is CS(=O)(=O)c1ccc(NC(=O)[C@H]2CCCCN2)cc1.Cl. The Morgan fingerprint density at radius 3 is 2.40 bits per heavy atom. The molecule has 1 fully saturated rings. The van der Waals surface area contributed by atoms with Crippen LogP contribution in [-0.2, 0) is 14.6 Å². The molecule has 0 bridgehead atoms. The number of halogens is 1. The van der Waals surface area contributed by atoms with Crippen molar-refractivity contribution in [2.24, 2.45) is 0 Å². The lowest BCUT2D eigenvalue weighted by Gasteiger charge is -2.22. The number of carbonyl (C=O) groups is 1. The Morgan fingerprint density at radius 1 is 1.25 bits per heavy atom. The maximum absolute atomic E-state index is 12.0. The molecule has 1 aliphatic heterocycles. The summed E-state index contributed by atoms with van der Waals surface area (Å²) in [5, 5.41) is 5.96. The number of hydrogen-bond acceptors (Lipinski definition) is 4. The number of benzene rings is 1. The van der Waals surface area contributed by atoms with E-state index in [-0.39, 0.29) is 29.3 Å². The lowest BCUT2D eigenvalue weighted by molar-refractivity contribution is -0.118. The Bertz CT molecular complexity index is 551. The van der Waals surface area contributed by atoms with Crippen molar-refractivity contribution in [2.45, 2.75) is 30.2 Å². The quantitative estimate of drug-likeness (QED) is 0.887. The maximum atomic E-state index is 12.0. The lowest BCUT2D eigenvalue weighted by atomic mass is 10.0. The van der Waals surface area contributed by atoms with Gasteiger partial charge in [-0.2, -0.15) is 0 Å². The third-order valence-electron chi connectivity index (χ3n) is 3.18. The fourth-order valence-corrected chi connectivity index (χ4v) is 2.72. The van der Waals surface area contributed by atoms with Crippen LogP contribution in [0.25, 0.3) is 0 Å². The standard InChI is InChI=1S/C13H18N2O3S.ClH/c1-19(17,18)11-7-5-10(6-8-11)15-13(16)12-4-2-3-9-14-12;/h5-8,12,14H,2-4,9H2,1H3,(H,15,16);1H/t12-;/m1./s1. The van der Waals surface area contributed by atoms with Crippen LogP contribution in [0.3, 0.4) is 0 Å². The number of hydrogen-bond donors (Lipinski definition) is 2. The lowest BCUT2D eigenvalue weighted by Crippen LogP contribution is -2.43. The molecule has 0 radical (unpaired) electrons. The molecule has 1 aromatic carbocycles. The number of anilines is 1. The number of rotatable bonds is 3. The van der Waals surface area contributed by atoms with E-state index in [4.69, 9.17) is 0 Å². The van der Waals surface area contributed by atoms with Crippen LogP contribution in [0.2, 0.25) is 0 Å². The molecule has 2 rings (SSSR count). The molecule has 0 saturated carbocycles. The zero-order valence-corrected chi connectivity index (χ0v) is 12.9. The van der Waals surface area contributed by atoms with Gasteiger partial charge in [-0.1, -0.05) is 6.42 Å². The Balaban J connectivity index is 0.00000200. The molecular weight excluding hydrogens is 300 g/mol. The zero-order valence-electron chi connectivity index (χ0n) is 11.3. The molecule has 1 aliphatic rings. The number of piperidine rings is 1. The van der Waals surface area contributed by atoms with E-state index in [1.54, 1.807) is 12.1 Å². The molecule has 1 heterocycles. The van der Waals surface area contributed by atoms with Crippen molar-refractivity contribution in [3.63, 3.8) is 0 Å². The van der Waals surface area contributed by atoms with Crippen LogP contribution in [0, 0.1) is 0 Å². The molecule has 2 N–H and O–H groups in total. The minimum atomic E-state index is -3.19. The van der Waals surface area contributed by atoms with Crippen LogP contribution >= 0.6 is 12.4 Å². The summed E-state index contributed by atoms with van der Waals surface area (Å²) >= 11 is 0. The van der Waals surface area contributed by atoms with Gasteiger partial charge < -0.3 is 10.6 Å². The number of carbonyl (C=O) groups excluding carboxylic acids is 1. The van der Waals surface area contributed by atoms with Gasteiger partial charge in [0.15, 0.2) is 9.84 Å². The van der Waals surface area contributed by atoms with Gasteiger partial charge >= 0.3 is 0 Å². The normalized spacial score (nSPS) is 18.9. The summed E-state index contributed by atoms with van der Waals surface area (Å²) < 4.78 is 22.6. The monoisotopic (exact) mass is 318 g/mol. The highest BCUT2D eigenvalue weighted by Crippen LogP contribution is 2.15. The maximum Gasteiger partial charge on any atom is 0.241 e. The molecule has 20 heavy (non-hydrogen) atoms. The summed E-state index contributed by atoms with van der Waals surface area (Å²) in [5.41, 5.74) is 0.616. The van der Waals surface area contributed by atoms with E-state index in [0.29, 0.717) is 5.69 Å². The van der Waals surface area contributed by atoms with Crippen molar-refractivity contribution in [3.05, 3.63) is 24.3 Å². The molecule has 0 spiro atoms. The molecule has 0 aromatic heterocycles. The van der Waals surface area contributed by atoms with E-state index in [1.165, 1.54) is 12.1 Å². The van der Waals surface area contributed by atoms with Crippen molar-refractivity contribution in [1.29, 1.82) is 0 Å². The first kappa shape index (κ1) is 16.9. The van der Waals surface area contributed by atoms with Gasteiger partial charge in [0.25, 0.3) is 0 Å². The number of amides is 1. The van der Waals surface area contributed by atoms with Crippen LogP contribution in [0.15, 0.2) is 29.2 Å². The largest absolute Gasteiger partial charge is 0.325 e. The van der Waals surface area contributed by atoms with Gasteiger partial charge in [-0.25, -0.2) is 8.42 Å². The predicted octanol–water partition coefficient (Wildman–Crippen LogP) is 1.59. The Morgan fingerprint density at radius 2 is 1.90 bits per heavy atom. The highest BCUT2D eigenvalue weighted by molar-refractivity contribution is 7.90. The number of nitrogens with one attached hydrogen (secondary N) is 2. The van der Waals surface area contributed by atoms with E-state index in [1.807, 2.05) is 0 Å². The van der Waals surface area contributed by atoms with Crippen molar-refractivity contribution in [2.75, 3.05) is 18.1 Å².